The molecule has 34 heavy (non-hydrogen) atoms. The van der Waals surface area contributed by atoms with Gasteiger partial charge in [0.15, 0.2) is 0 Å². The van der Waals surface area contributed by atoms with Gasteiger partial charge < -0.3 is 18.9 Å². The summed E-state index contributed by atoms with van der Waals surface area (Å²) in [4.78, 5) is 49.1. The van der Waals surface area contributed by atoms with Crippen molar-refractivity contribution >= 4 is 23.9 Å². The van der Waals surface area contributed by atoms with Gasteiger partial charge in [-0.3, -0.25) is 19.2 Å². The van der Waals surface area contributed by atoms with Crippen LogP contribution in [0.4, 0.5) is 0 Å². The number of esters is 4. The van der Waals surface area contributed by atoms with Crippen molar-refractivity contribution in [1.82, 2.24) is 0 Å². The predicted octanol–water partition coefficient (Wildman–Crippen LogP) is 4.62. The molecule has 0 aliphatic heterocycles. The third-order valence-corrected chi connectivity index (χ3v) is 6.57. The van der Waals surface area contributed by atoms with Gasteiger partial charge >= 0.3 is 23.9 Å². The summed E-state index contributed by atoms with van der Waals surface area (Å²) in [6.45, 7) is 8.43. The topological polar surface area (TPSA) is 105 Å². The van der Waals surface area contributed by atoms with Crippen LogP contribution >= 0.6 is 0 Å². The van der Waals surface area contributed by atoms with E-state index >= 15 is 0 Å². The second-order valence-corrected chi connectivity index (χ2v) is 8.94. The minimum Gasteiger partial charge on any atom is -0.466 e. The lowest BCUT2D eigenvalue weighted by Gasteiger charge is -2.32. The van der Waals surface area contributed by atoms with Crippen molar-refractivity contribution in [3.05, 3.63) is 0 Å². The highest BCUT2D eigenvalue weighted by Crippen LogP contribution is 2.37. The summed E-state index contributed by atoms with van der Waals surface area (Å²) in [7, 11) is 0. The van der Waals surface area contributed by atoms with Crippen molar-refractivity contribution in [1.29, 1.82) is 0 Å². The zero-order chi connectivity index (χ0) is 25.3. The molecular weight excluding hydrogens is 440 g/mol. The van der Waals surface area contributed by atoms with Crippen molar-refractivity contribution < 1.29 is 38.1 Å². The van der Waals surface area contributed by atoms with Crippen LogP contribution in [-0.4, -0.2) is 50.3 Å². The smallest absolute Gasteiger partial charge is 0.306 e. The first-order valence-corrected chi connectivity index (χ1v) is 13.0. The Balaban J connectivity index is 3.04. The predicted molar refractivity (Wildman–Crippen MR) is 127 cm³/mol. The standard InChI is InChI=1S/C26H44O8/c1-5-31-23(27)15-19-11-9-13-21(17-25(29)33-7-3)22(18-26(30)34-8-4)14-10-12-20(19)16-24(28)32-6-2/h19-22H,5-18H2,1-4H3. The molecule has 196 valence electrons. The normalized spacial score (nSPS) is 23.4. The molecule has 1 saturated carbocycles. The van der Waals surface area contributed by atoms with Gasteiger partial charge in [0, 0.05) is 25.7 Å². The molecule has 0 bridgehead atoms. The maximum absolute atomic E-state index is 12.3. The Hall–Kier alpha value is -2.12. The van der Waals surface area contributed by atoms with Gasteiger partial charge in [0.1, 0.15) is 0 Å². The second-order valence-electron chi connectivity index (χ2n) is 8.94. The fourth-order valence-electron chi connectivity index (χ4n) is 5.04. The molecule has 0 heterocycles. The fraction of sp³-hybridized carbons (Fsp3) is 0.846. The summed E-state index contributed by atoms with van der Waals surface area (Å²) >= 11 is 0. The summed E-state index contributed by atoms with van der Waals surface area (Å²) in [5.74, 6) is -0.963. The lowest BCUT2D eigenvalue weighted by Crippen LogP contribution is -2.27. The quantitative estimate of drug-likeness (QED) is 0.292. The molecule has 0 radical (unpaired) electrons. The highest BCUT2D eigenvalue weighted by Gasteiger charge is 2.32. The zero-order valence-corrected chi connectivity index (χ0v) is 21.5. The van der Waals surface area contributed by atoms with Crippen LogP contribution in [0.1, 0.15) is 91.9 Å². The first kappa shape index (κ1) is 29.9. The van der Waals surface area contributed by atoms with E-state index in [1.165, 1.54) is 0 Å². The van der Waals surface area contributed by atoms with Crippen molar-refractivity contribution in [2.24, 2.45) is 23.7 Å². The first-order valence-electron chi connectivity index (χ1n) is 13.0. The van der Waals surface area contributed by atoms with Crippen LogP contribution in [0.5, 0.6) is 0 Å². The molecule has 4 atom stereocenters. The van der Waals surface area contributed by atoms with E-state index in [4.69, 9.17) is 18.9 Å². The monoisotopic (exact) mass is 484 g/mol. The lowest BCUT2D eigenvalue weighted by molar-refractivity contribution is -0.149. The molecule has 0 aromatic carbocycles. The number of hydrogen-bond acceptors (Lipinski definition) is 8. The molecule has 0 aromatic heterocycles. The van der Waals surface area contributed by atoms with E-state index in [-0.39, 0.29) is 73.2 Å². The summed E-state index contributed by atoms with van der Waals surface area (Å²) in [5.41, 5.74) is 0. The van der Waals surface area contributed by atoms with Gasteiger partial charge in [0.2, 0.25) is 0 Å². The minimum atomic E-state index is -0.248. The average Bonchev–Trinajstić information content (AvgIpc) is 2.76. The van der Waals surface area contributed by atoms with Crippen LogP contribution in [0.15, 0.2) is 0 Å². The van der Waals surface area contributed by atoms with E-state index in [1.807, 2.05) is 0 Å². The van der Waals surface area contributed by atoms with Gasteiger partial charge in [-0.25, -0.2) is 0 Å². The number of rotatable bonds is 12. The molecule has 1 aliphatic rings. The van der Waals surface area contributed by atoms with Gasteiger partial charge in [-0.1, -0.05) is 12.8 Å². The van der Waals surface area contributed by atoms with Crippen LogP contribution in [0, 0.1) is 23.7 Å². The zero-order valence-electron chi connectivity index (χ0n) is 21.5. The van der Waals surface area contributed by atoms with Crippen LogP contribution in [0.2, 0.25) is 0 Å². The molecule has 4 unspecified atom stereocenters. The highest BCUT2D eigenvalue weighted by molar-refractivity contribution is 5.72. The van der Waals surface area contributed by atoms with E-state index < -0.39 is 0 Å². The van der Waals surface area contributed by atoms with E-state index in [0.717, 1.165) is 38.5 Å². The molecule has 0 spiro atoms. The van der Waals surface area contributed by atoms with Crippen LogP contribution in [0.25, 0.3) is 0 Å². The largest absolute Gasteiger partial charge is 0.466 e. The number of ether oxygens (including phenoxy) is 4. The van der Waals surface area contributed by atoms with Gasteiger partial charge in [-0.2, -0.15) is 0 Å². The third-order valence-electron chi connectivity index (χ3n) is 6.57. The average molecular weight is 485 g/mol. The molecule has 0 N–H and O–H groups in total. The van der Waals surface area contributed by atoms with Crippen molar-refractivity contribution in [3.63, 3.8) is 0 Å². The molecule has 8 heteroatoms. The first-order chi connectivity index (χ1) is 16.3. The summed E-state index contributed by atoms with van der Waals surface area (Å²) in [6.07, 6.45) is 5.63. The fourth-order valence-corrected chi connectivity index (χ4v) is 5.04. The molecule has 0 aromatic rings. The van der Waals surface area contributed by atoms with Crippen LogP contribution in [0.3, 0.4) is 0 Å². The number of carbonyl (C=O) groups is 4. The summed E-state index contributed by atoms with van der Waals surface area (Å²) < 4.78 is 20.8. The SMILES string of the molecule is CCOC(=O)CC1CCCC(CC(=O)OCC)C(CC(=O)OCC)CCCC1CC(=O)OCC. The third kappa shape index (κ3) is 11.8. The van der Waals surface area contributed by atoms with E-state index in [1.54, 1.807) is 27.7 Å². The van der Waals surface area contributed by atoms with Gasteiger partial charge in [-0.05, 0) is 77.0 Å². The second kappa shape index (κ2) is 17.3. The van der Waals surface area contributed by atoms with Crippen molar-refractivity contribution in [3.8, 4) is 0 Å². The van der Waals surface area contributed by atoms with Gasteiger partial charge in [0.25, 0.3) is 0 Å². The van der Waals surface area contributed by atoms with Crippen LogP contribution in [-0.2, 0) is 38.1 Å². The molecule has 0 amide bonds. The Morgan fingerprint density at radius 3 is 0.853 bits per heavy atom. The van der Waals surface area contributed by atoms with E-state index in [9.17, 15) is 19.2 Å². The number of carbonyl (C=O) groups excluding carboxylic acids is 4. The molecule has 0 saturated heterocycles. The van der Waals surface area contributed by atoms with E-state index in [0.29, 0.717) is 26.4 Å². The highest BCUT2D eigenvalue weighted by atomic mass is 16.5. The molecule has 1 aliphatic carbocycles. The summed E-state index contributed by atoms with van der Waals surface area (Å²) in [5, 5.41) is 0. The lowest BCUT2D eigenvalue weighted by atomic mass is 9.74. The maximum atomic E-state index is 12.3. The molecule has 8 nitrogen and oxygen atoms in total. The van der Waals surface area contributed by atoms with Crippen LogP contribution < -0.4 is 0 Å². The minimum absolute atomic E-state index is 0.00769. The molecular formula is C26H44O8. The molecule has 1 rings (SSSR count). The van der Waals surface area contributed by atoms with Crippen molar-refractivity contribution in [2.45, 2.75) is 91.9 Å². The van der Waals surface area contributed by atoms with Gasteiger partial charge in [0.05, 0.1) is 26.4 Å². The Labute approximate surface area is 204 Å². The maximum Gasteiger partial charge on any atom is 0.306 e. The Kier molecular flexibility index (Phi) is 15.3. The Morgan fingerprint density at radius 1 is 0.471 bits per heavy atom. The Bertz CT molecular complexity index is 526. The summed E-state index contributed by atoms with van der Waals surface area (Å²) in [6, 6.07) is 0. The van der Waals surface area contributed by atoms with Crippen molar-refractivity contribution in [2.75, 3.05) is 26.4 Å². The van der Waals surface area contributed by atoms with E-state index in [2.05, 4.69) is 0 Å². The number of hydrogen-bond donors (Lipinski definition) is 0. The molecule has 1 fully saturated rings. The Morgan fingerprint density at radius 2 is 0.676 bits per heavy atom. The van der Waals surface area contributed by atoms with Gasteiger partial charge in [-0.15, -0.1) is 0 Å².